The fourth-order valence-electron chi connectivity index (χ4n) is 3.44. The van der Waals surface area contributed by atoms with E-state index < -0.39 is 0 Å². The van der Waals surface area contributed by atoms with Gasteiger partial charge in [-0.05, 0) is 54.3 Å². The van der Waals surface area contributed by atoms with Crippen molar-refractivity contribution in [2.24, 2.45) is 0 Å². The van der Waals surface area contributed by atoms with Crippen molar-refractivity contribution in [2.75, 3.05) is 6.61 Å². The van der Waals surface area contributed by atoms with Crippen LogP contribution in [-0.2, 0) is 19.4 Å². The molecule has 1 N–H and O–H groups in total. The Bertz CT molecular complexity index is 1150. The van der Waals surface area contributed by atoms with Gasteiger partial charge in [0.15, 0.2) is 11.5 Å². The fraction of sp³-hybridized carbons (Fsp3) is 0.259. The van der Waals surface area contributed by atoms with Gasteiger partial charge in [0, 0.05) is 18.5 Å². The first-order chi connectivity index (χ1) is 15.7. The molecule has 1 heterocycles. The third-order valence-corrected chi connectivity index (χ3v) is 5.31. The number of hydrogen-bond donors (Lipinski definition) is 1. The van der Waals surface area contributed by atoms with Gasteiger partial charge in [-0.3, -0.25) is 4.79 Å². The smallest absolute Gasteiger partial charge is 0.251 e. The number of unbranched alkanes of at least 4 members (excludes halogenated alkanes) is 1. The number of benzene rings is 3. The predicted molar refractivity (Wildman–Crippen MR) is 126 cm³/mol. The number of fused-ring (bicyclic) bond motifs is 1. The average molecular weight is 429 g/mol. The Kier molecular flexibility index (Phi) is 7.18. The maximum absolute atomic E-state index is 12.6. The molecule has 1 aromatic heterocycles. The minimum atomic E-state index is -0.141. The monoisotopic (exact) mass is 428 g/mol. The van der Waals surface area contributed by atoms with Gasteiger partial charge in [0.25, 0.3) is 5.91 Å². The summed E-state index contributed by atoms with van der Waals surface area (Å²) in [7, 11) is 0. The summed E-state index contributed by atoms with van der Waals surface area (Å²) in [6, 6.07) is 23.5. The lowest BCUT2D eigenvalue weighted by atomic mass is 10.1. The molecule has 0 radical (unpaired) electrons. The summed E-state index contributed by atoms with van der Waals surface area (Å²) in [5, 5.41) is 2.96. The molecule has 0 spiro atoms. The van der Waals surface area contributed by atoms with Crippen LogP contribution >= 0.6 is 0 Å². The molecule has 0 atom stereocenters. The summed E-state index contributed by atoms with van der Waals surface area (Å²) in [6.07, 6.45) is 3.74. The van der Waals surface area contributed by atoms with Crippen LogP contribution in [0.4, 0.5) is 0 Å². The third-order valence-electron chi connectivity index (χ3n) is 5.31. The Morgan fingerprint density at radius 2 is 1.78 bits per heavy atom. The first-order valence-corrected chi connectivity index (χ1v) is 11.1. The molecule has 0 aliphatic carbocycles. The summed E-state index contributed by atoms with van der Waals surface area (Å²) >= 11 is 0. The standard InChI is InChI=1S/C27H28N2O3/c1-2-3-17-31-23-13-9-21(10-14-23)19-28-27(30)22-12-15-24-25(18-22)32-26(29-24)16-11-20-7-5-4-6-8-20/h4-10,12-15,18H,2-3,11,16-17,19H2,1H3,(H,28,30). The Morgan fingerprint density at radius 3 is 2.56 bits per heavy atom. The van der Waals surface area contributed by atoms with E-state index in [0.29, 0.717) is 23.6 Å². The molecule has 5 heteroatoms. The summed E-state index contributed by atoms with van der Waals surface area (Å²) in [4.78, 5) is 17.2. The Hall–Kier alpha value is -3.60. The van der Waals surface area contributed by atoms with E-state index in [1.54, 1.807) is 12.1 Å². The van der Waals surface area contributed by atoms with Crippen LogP contribution in [0.5, 0.6) is 5.75 Å². The number of rotatable bonds is 10. The number of oxazole rings is 1. The van der Waals surface area contributed by atoms with Gasteiger partial charge in [-0.15, -0.1) is 0 Å². The lowest BCUT2D eigenvalue weighted by molar-refractivity contribution is 0.0951. The van der Waals surface area contributed by atoms with Crippen molar-refractivity contribution in [3.63, 3.8) is 0 Å². The Labute approximate surface area is 188 Å². The second-order valence-electron chi connectivity index (χ2n) is 7.80. The van der Waals surface area contributed by atoms with Crippen LogP contribution in [-0.4, -0.2) is 17.5 Å². The van der Waals surface area contributed by atoms with E-state index in [1.807, 2.05) is 48.5 Å². The van der Waals surface area contributed by atoms with Gasteiger partial charge < -0.3 is 14.5 Å². The van der Waals surface area contributed by atoms with Crippen molar-refractivity contribution in [1.29, 1.82) is 0 Å². The molecule has 4 aromatic rings. The van der Waals surface area contributed by atoms with Gasteiger partial charge in [0.2, 0.25) is 0 Å². The number of aryl methyl sites for hydroxylation is 2. The molecular weight excluding hydrogens is 400 g/mol. The van der Waals surface area contributed by atoms with E-state index >= 15 is 0 Å². The van der Waals surface area contributed by atoms with Crippen molar-refractivity contribution < 1.29 is 13.9 Å². The second-order valence-corrected chi connectivity index (χ2v) is 7.80. The van der Waals surface area contributed by atoms with Crippen LogP contribution in [0.25, 0.3) is 11.1 Å². The second kappa shape index (κ2) is 10.6. The maximum atomic E-state index is 12.6. The zero-order valence-electron chi connectivity index (χ0n) is 18.3. The highest BCUT2D eigenvalue weighted by molar-refractivity contribution is 5.97. The maximum Gasteiger partial charge on any atom is 0.251 e. The van der Waals surface area contributed by atoms with Crippen LogP contribution in [0.1, 0.15) is 47.1 Å². The summed E-state index contributed by atoms with van der Waals surface area (Å²) in [5.74, 6) is 1.40. The SMILES string of the molecule is CCCCOc1ccc(CNC(=O)c2ccc3nc(CCc4ccccc4)oc3c2)cc1. The lowest BCUT2D eigenvalue weighted by Gasteiger charge is -2.08. The minimum absolute atomic E-state index is 0.141. The summed E-state index contributed by atoms with van der Waals surface area (Å²) in [6.45, 7) is 3.32. The Morgan fingerprint density at radius 1 is 0.969 bits per heavy atom. The van der Waals surface area contributed by atoms with E-state index in [4.69, 9.17) is 9.15 Å². The van der Waals surface area contributed by atoms with Gasteiger partial charge in [-0.1, -0.05) is 55.8 Å². The Balaban J connectivity index is 1.33. The largest absolute Gasteiger partial charge is 0.494 e. The number of aromatic nitrogens is 1. The predicted octanol–water partition coefficient (Wildman–Crippen LogP) is 5.72. The number of carbonyl (C=O) groups excluding carboxylic acids is 1. The van der Waals surface area contributed by atoms with Crippen molar-refractivity contribution in [2.45, 2.75) is 39.2 Å². The molecule has 3 aromatic carbocycles. The molecule has 0 unspecified atom stereocenters. The van der Waals surface area contributed by atoms with Crippen molar-refractivity contribution >= 4 is 17.0 Å². The molecule has 0 aliphatic rings. The van der Waals surface area contributed by atoms with E-state index in [9.17, 15) is 4.79 Å². The van der Waals surface area contributed by atoms with Gasteiger partial charge >= 0.3 is 0 Å². The molecule has 1 amide bonds. The number of ether oxygens (including phenoxy) is 1. The highest BCUT2D eigenvalue weighted by Crippen LogP contribution is 2.19. The van der Waals surface area contributed by atoms with Crippen LogP contribution < -0.4 is 10.1 Å². The number of amides is 1. The van der Waals surface area contributed by atoms with Gasteiger partial charge in [0.1, 0.15) is 11.3 Å². The number of nitrogens with zero attached hydrogens (tertiary/aromatic N) is 1. The van der Waals surface area contributed by atoms with Crippen LogP contribution in [0.2, 0.25) is 0 Å². The van der Waals surface area contributed by atoms with Crippen LogP contribution in [0.15, 0.2) is 77.2 Å². The number of hydrogen-bond acceptors (Lipinski definition) is 4. The molecule has 164 valence electrons. The van der Waals surface area contributed by atoms with Gasteiger partial charge in [-0.25, -0.2) is 4.98 Å². The van der Waals surface area contributed by atoms with E-state index in [1.165, 1.54) is 5.56 Å². The van der Waals surface area contributed by atoms with Gasteiger partial charge in [-0.2, -0.15) is 0 Å². The minimum Gasteiger partial charge on any atom is -0.494 e. The lowest BCUT2D eigenvalue weighted by Crippen LogP contribution is -2.22. The van der Waals surface area contributed by atoms with E-state index in [2.05, 4.69) is 29.4 Å². The molecule has 32 heavy (non-hydrogen) atoms. The van der Waals surface area contributed by atoms with E-state index in [0.717, 1.165) is 49.1 Å². The van der Waals surface area contributed by atoms with Crippen LogP contribution in [0.3, 0.4) is 0 Å². The summed E-state index contributed by atoms with van der Waals surface area (Å²) in [5.41, 5.74) is 4.22. The third kappa shape index (κ3) is 5.76. The molecule has 0 aliphatic heterocycles. The first-order valence-electron chi connectivity index (χ1n) is 11.1. The zero-order valence-corrected chi connectivity index (χ0v) is 18.3. The average Bonchev–Trinajstić information content (AvgIpc) is 3.25. The number of carbonyl (C=O) groups is 1. The molecule has 5 nitrogen and oxygen atoms in total. The molecule has 0 saturated carbocycles. The normalized spacial score (nSPS) is 10.9. The van der Waals surface area contributed by atoms with Crippen LogP contribution in [0, 0.1) is 0 Å². The molecule has 0 fully saturated rings. The summed E-state index contributed by atoms with van der Waals surface area (Å²) < 4.78 is 11.6. The first kappa shape index (κ1) is 21.6. The molecule has 0 saturated heterocycles. The molecular formula is C27H28N2O3. The topological polar surface area (TPSA) is 64.4 Å². The van der Waals surface area contributed by atoms with Crippen molar-refractivity contribution in [1.82, 2.24) is 10.3 Å². The zero-order chi connectivity index (χ0) is 22.2. The highest BCUT2D eigenvalue weighted by atomic mass is 16.5. The fourth-order valence-corrected chi connectivity index (χ4v) is 3.44. The molecule has 4 rings (SSSR count). The quantitative estimate of drug-likeness (QED) is 0.328. The number of nitrogens with one attached hydrogen (secondary N) is 1. The van der Waals surface area contributed by atoms with Gasteiger partial charge in [0.05, 0.1) is 6.61 Å². The van der Waals surface area contributed by atoms with E-state index in [-0.39, 0.29) is 5.91 Å². The molecule has 0 bridgehead atoms. The van der Waals surface area contributed by atoms with Crippen molar-refractivity contribution in [3.8, 4) is 5.75 Å². The highest BCUT2D eigenvalue weighted by Gasteiger charge is 2.11. The van der Waals surface area contributed by atoms with Crippen molar-refractivity contribution in [3.05, 3.63) is 95.4 Å².